The second-order valence-electron chi connectivity index (χ2n) is 7.31. The van der Waals surface area contributed by atoms with Gasteiger partial charge in [0.1, 0.15) is 6.04 Å². The maximum absolute atomic E-state index is 12.9. The SMILES string of the molecule is COc1cc2c(cc1OC)CN(C(=O)CC1NC(=O)c3ccccc3NC1=O)CC2. The molecule has 0 radical (unpaired) electrons. The summed E-state index contributed by atoms with van der Waals surface area (Å²) in [6.07, 6.45) is 0.574. The van der Waals surface area contributed by atoms with Crippen molar-refractivity contribution in [3.8, 4) is 11.5 Å². The summed E-state index contributed by atoms with van der Waals surface area (Å²) in [7, 11) is 3.16. The minimum absolute atomic E-state index is 0.103. The third kappa shape index (κ3) is 3.68. The molecule has 2 heterocycles. The molecule has 156 valence electrons. The minimum Gasteiger partial charge on any atom is -0.493 e. The Morgan fingerprint density at radius 1 is 1.10 bits per heavy atom. The number of fused-ring (bicyclic) bond motifs is 2. The molecule has 0 aromatic heterocycles. The highest BCUT2D eigenvalue weighted by atomic mass is 16.5. The number of carbonyl (C=O) groups excluding carboxylic acids is 3. The molecular formula is C22H23N3O5. The molecule has 0 spiro atoms. The van der Waals surface area contributed by atoms with Crippen LogP contribution in [-0.2, 0) is 22.6 Å². The molecule has 2 aliphatic rings. The van der Waals surface area contributed by atoms with Crippen LogP contribution in [0.3, 0.4) is 0 Å². The van der Waals surface area contributed by atoms with Crippen LogP contribution in [-0.4, -0.2) is 49.4 Å². The number of nitrogens with zero attached hydrogens (tertiary/aromatic N) is 1. The summed E-state index contributed by atoms with van der Waals surface area (Å²) in [5.74, 6) is 0.307. The Morgan fingerprint density at radius 2 is 1.80 bits per heavy atom. The number of hydrogen-bond acceptors (Lipinski definition) is 5. The van der Waals surface area contributed by atoms with Gasteiger partial charge in [0.15, 0.2) is 11.5 Å². The Hall–Kier alpha value is -3.55. The van der Waals surface area contributed by atoms with E-state index in [0.29, 0.717) is 42.3 Å². The van der Waals surface area contributed by atoms with Crippen molar-refractivity contribution in [1.82, 2.24) is 10.2 Å². The van der Waals surface area contributed by atoms with Crippen LogP contribution in [0.5, 0.6) is 11.5 Å². The average Bonchev–Trinajstić information content (AvgIpc) is 2.88. The van der Waals surface area contributed by atoms with Gasteiger partial charge >= 0.3 is 0 Å². The van der Waals surface area contributed by atoms with Crippen LogP contribution in [0, 0.1) is 0 Å². The summed E-state index contributed by atoms with van der Waals surface area (Å²) in [4.78, 5) is 39.7. The van der Waals surface area contributed by atoms with Crippen molar-refractivity contribution < 1.29 is 23.9 Å². The zero-order valence-corrected chi connectivity index (χ0v) is 16.9. The van der Waals surface area contributed by atoms with E-state index in [9.17, 15) is 14.4 Å². The van der Waals surface area contributed by atoms with E-state index >= 15 is 0 Å². The van der Waals surface area contributed by atoms with Crippen molar-refractivity contribution in [2.24, 2.45) is 0 Å². The minimum atomic E-state index is -0.927. The molecule has 30 heavy (non-hydrogen) atoms. The highest BCUT2D eigenvalue weighted by molar-refractivity contribution is 6.10. The smallest absolute Gasteiger partial charge is 0.254 e. The molecule has 0 saturated carbocycles. The van der Waals surface area contributed by atoms with Crippen LogP contribution in [0.15, 0.2) is 36.4 Å². The molecule has 1 unspecified atom stereocenters. The molecule has 2 N–H and O–H groups in total. The van der Waals surface area contributed by atoms with E-state index < -0.39 is 11.9 Å². The molecule has 0 bridgehead atoms. The Bertz CT molecular complexity index is 1020. The molecule has 1 atom stereocenters. The first-order valence-electron chi connectivity index (χ1n) is 9.72. The first-order chi connectivity index (χ1) is 14.5. The zero-order chi connectivity index (χ0) is 21.3. The number of para-hydroxylation sites is 1. The second-order valence-corrected chi connectivity index (χ2v) is 7.31. The molecule has 2 aromatic carbocycles. The van der Waals surface area contributed by atoms with Gasteiger partial charge in [0.2, 0.25) is 11.8 Å². The molecule has 8 heteroatoms. The number of rotatable bonds is 4. The fraction of sp³-hybridized carbons (Fsp3) is 0.318. The highest BCUT2D eigenvalue weighted by Crippen LogP contribution is 2.33. The van der Waals surface area contributed by atoms with Gasteiger partial charge in [0, 0.05) is 13.1 Å². The number of anilines is 1. The predicted molar refractivity (Wildman–Crippen MR) is 110 cm³/mol. The molecular weight excluding hydrogens is 386 g/mol. The molecule has 4 rings (SSSR count). The number of methoxy groups -OCH3 is 2. The number of carbonyl (C=O) groups is 3. The van der Waals surface area contributed by atoms with Gasteiger partial charge in [-0.25, -0.2) is 0 Å². The molecule has 2 aliphatic heterocycles. The third-order valence-corrected chi connectivity index (χ3v) is 5.50. The van der Waals surface area contributed by atoms with Crippen molar-refractivity contribution >= 4 is 23.4 Å². The van der Waals surface area contributed by atoms with Gasteiger partial charge in [-0.2, -0.15) is 0 Å². The van der Waals surface area contributed by atoms with Gasteiger partial charge in [-0.05, 0) is 41.8 Å². The number of benzene rings is 2. The topological polar surface area (TPSA) is 97.0 Å². The lowest BCUT2D eigenvalue weighted by atomic mass is 9.98. The van der Waals surface area contributed by atoms with Crippen LogP contribution in [0.2, 0.25) is 0 Å². The summed E-state index contributed by atoms with van der Waals surface area (Å²) >= 11 is 0. The van der Waals surface area contributed by atoms with Gasteiger partial charge in [-0.15, -0.1) is 0 Å². The third-order valence-electron chi connectivity index (χ3n) is 5.50. The highest BCUT2D eigenvalue weighted by Gasteiger charge is 2.32. The van der Waals surface area contributed by atoms with E-state index in [1.807, 2.05) is 12.1 Å². The molecule has 0 aliphatic carbocycles. The molecule has 3 amide bonds. The van der Waals surface area contributed by atoms with E-state index in [4.69, 9.17) is 9.47 Å². The monoisotopic (exact) mass is 409 g/mol. The first-order valence-corrected chi connectivity index (χ1v) is 9.72. The van der Waals surface area contributed by atoms with Crippen LogP contribution in [0.1, 0.15) is 27.9 Å². The Morgan fingerprint density at radius 3 is 2.53 bits per heavy atom. The van der Waals surface area contributed by atoms with Gasteiger partial charge in [0.25, 0.3) is 5.91 Å². The maximum atomic E-state index is 12.9. The van der Waals surface area contributed by atoms with E-state index in [0.717, 1.165) is 11.1 Å². The zero-order valence-electron chi connectivity index (χ0n) is 16.9. The quantitative estimate of drug-likeness (QED) is 0.802. The van der Waals surface area contributed by atoms with Crippen molar-refractivity contribution in [2.45, 2.75) is 25.4 Å². The van der Waals surface area contributed by atoms with Gasteiger partial charge in [-0.3, -0.25) is 14.4 Å². The first kappa shape index (κ1) is 19.8. The van der Waals surface area contributed by atoms with Crippen LogP contribution in [0.4, 0.5) is 5.69 Å². The molecule has 0 saturated heterocycles. The van der Waals surface area contributed by atoms with Gasteiger partial charge < -0.3 is 25.0 Å². The summed E-state index contributed by atoms with van der Waals surface area (Å²) in [6.45, 7) is 0.945. The number of amides is 3. The summed E-state index contributed by atoms with van der Waals surface area (Å²) < 4.78 is 10.7. The van der Waals surface area contributed by atoms with E-state index in [1.165, 1.54) is 0 Å². The van der Waals surface area contributed by atoms with E-state index in [1.54, 1.807) is 43.4 Å². The lowest BCUT2D eigenvalue weighted by Crippen LogP contribution is -2.46. The standard InChI is InChI=1S/C22H23N3O5/c1-29-18-9-13-7-8-25(12-14(13)10-19(18)30-2)20(26)11-17-22(28)23-16-6-4-3-5-15(16)21(27)24-17/h3-6,9-10,17H,7-8,11-12H2,1-2H3,(H,23,28)(H,24,27). The molecule has 8 nitrogen and oxygen atoms in total. The lowest BCUT2D eigenvalue weighted by molar-refractivity contribution is -0.134. The Labute approximate surface area is 174 Å². The fourth-order valence-corrected chi connectivity index (χ4v) is 3.86. The van der Waals surface area contributed by atoms with Crippen molar-refractivity contribution in [3.05, 3.63) is 53.1 Å². The Kier molecular flexibility index (Phi) is 5.31. The summed E-state index contributed by atoms with van der Waals surface area (Å²) in [5.41, 5.74) is 2.92. The van der Waals surface area contributed by atoms with Crippen LogP contribution < -0.4 is 20.1 Å². The largest absolute Gasteiger partial charge is 0.493 e. The number of hydrogen-bond donors (Lipinski definition) is 2. The average molecular weight is 409 g/mol. The van der Waals surface area contributed by atoms with Gasteiger partial charge in [-0.1, -0.05) is 12.1 Å². The van der Waals surface area contributed by atoms with E-state index in [-0.39, 0.29) is 18.2 Å². The normalized spacial score (nSPS) is 17.8. The van der Waals surface area contributed by atoms with Crippen LogP contribution in [0.25, 0.3) is 0 Å². The fourth-order valence-electron chi connectivity index (χ4n) is 3.86. The summed E-state index contributed by atoms with van der Waals surface area (Å²) in [5, 5.41) is 5.40. The number of ether oxygens (including phenoxy) is 2. The predicted octanol–water partition coefficient (Wildman–Crippen LogP) is 1.73. The summed E-state index contributed by atoms with van der Waals surface area (Å²) in [6, 6.07) is 9.66. The molecule has 2 aromatic rings. The number of nitrogens with one attached hydrogen (secondary N) is 2. The maximum Gasteiger partial charge on any atom is 0.254 e. The lowest BCUT2D eigenvalue weighted by Gasteiger charge is -2.30. The van der Waals surface area contributed by atoms with Crippen molar-refractivity contribution in [2.75, 3.05) is 26.1 Å². The Balaban J connectivity index is 1.47. The van der Waals surface area contributed by atoms with Crippen molar-refractivity contribution in [3.63, 3.8) is 0 Å². The second kappa shape index (κ2) is 8.06. The van der Waals surface area contributed by atoms with Gasteiger partial charge in [0.05, 0.1) is 31.9 Å². The van der Waals surface area contributed by atoms with E-state index in [2.05, 4.69) is 10.6 Å². The molecule has 0 fully saturated rings. The van der Waals surface area contributed by atoms with Crippen molar-refractivity contribution in [1.29, 1.82) is 0 Å². The van der Waals surface area contributed by atoms with Crippen LogP contribution >= 0.6 is 0 Å².